The lowest BCUT2D eigenvalue weighted by Crippen LogP contribution is -2.50. The van der Waals surface area contributed by atoms with Gasteiger partial charge in [-0.25, -0.2) is 8.42 Å². The number of ether oxygens (including phenoxy) is 1. The summed E-state index contributed by atoms with van der Waals surface area (Å²) >= 11 is 0. The van der Waals surface area contributed by atoms with Crippen molar-refractivity contribution in [3.63, 3.8) is 0 Å². The van der Waals surface area contributed by atoms with Crippen LogP contribution in [0.1, 0.15) is 15.9 Å². The van der Waals surface area contributed by atoms with Crippen molar-refractivity contribution in [1.29, 1.82) is 0 Å². The third-order valence-electron chi connectivity index (χ3n) is 4.60. The molecule has 0 unspecified atom stereocenters. The first-order chi connectivity index (χ1) is 12.4. The summed E-state index contributed by atoms with van der Waals surface area (Å²) in [5.74, 6) is 0.558. The van der Waals surface area contributed by atoms with Gasteiger partial charge < -0.3 is 9.64 Å². The van der Waals surface area contributed by atoms with Gasteiger partial charge in [0, 0.05) is 31.7 Å². The summed E-state index contributed by atoms with van der Waals surface area (Å²) in [6.45, 7) is 3.22. The first-order valence-corrected chi connectivity index (χ1v) is 9.86. The lowest BCUT2D eigenvalue weighted by molar-refractivity contribution is 0.0697. The highest BCUT2D eigenvalue weighted by molar-refractivity contribution is 7.89. The number of rotatable bonds is 4. The van der Waals surface area contributed by atoms with E-state index in [-0.39, 0.29) is 23.9 Å². The SMILES string of the molecule is COc1ccc(S(=O)(=O)N2CCN(C(=O)c3ccccc3C)CC2)cc1. The zero-order valence-corrected chi connectivity index (χ0v) is 15.7. The van der Waals surface area contributed by atoms with Gasteiger partial charge in [-0.05, 0) is 42.8 Å². The van der Waals surface area contributed by atoms with Crippen LogP contribution in [0.3, 0.4) is 0 Å². The highest BCUT2D eigenvalue weighted by atomic mass is 32.2. The maximum atomic E-state index is 12.8. The van der Waals surface area contributed by atoms with Crippen LogP contribution in [0.25, 0.3) is 0 Å². The van der Waals surface area contributed by atoms with E-state index < -0.39 is 10.0 Å². The van der Waals surface area contributed by atoms with Crippen LogP contribution < -0.4 is 4.74 Å². The van der Waals surface area contributed by atoms with Gasteiger partial charge in [-0.1, -0.05) is 18.2 Å². The van der Waals surface area contributed by atoms with Crippen LogP contribution in [0.5, 0.6) is 5.75 Å². The second-order valence-electron chi connectivity index (χ2n) is 6.19. The molecule has 0 atom stereocenters. The molecule has 26 heavy (non-hydrogen) atoms. The Morgan fingerprint density at radius 2 is 1.58 bits per heavy atom. The molecule has 1 aliphatic rings. The normalized spacial score (nSPS) is 15.7. The van der Waals surface area contributed by atoms with Gasteiger partial charge in [0.05, 0.1) is 12.0 Å². The van der Waals surface area contributed by atoms with Crippen molar-refractivity contribution in [2.24, 2.45) is 0 Å². The molecular weight excluding hydrogens is 352 g/mol. The van der Waals surface area contributed by atoms with Crippen LogP contribution in [0.2, 0.25) is 0 Å². The van der Waals surface area contributed by atoms with Crippen LogP contribution in [0.4, 0.5) is 0 Å². The van der Waals surface area contributed by atoms with Crippen molar-refractivity contribution in [2.75, 3.05) is 33.3 Å². The lowest BCUT2D eigenvalue weighted by Gasteiger charge is -2.34. The molecule has 1 heterocycles. The van der Waals surface area contributed by atoms with Crippen molar-refractivity contribution in [1.82, 2.24) is 9.21 Å². The molecule has 0 aliphatic carbocycles. The van der Waals surface area contributed by atoms with E-state index in [9.17, 15) is 13.2 Å². The third-order valence-corrected chi connectivity index (χ3v) is 6.51. The summed E-state index contributed by atoms with van der Waals surface area (Å²) in [5, 5.41) is 0. The minimum Gasteiger partial charge on any atom is -0.497 e. The number of methoxy groups -OCH3 is 1. The van der Waals surface area contributed by atoms with Gasteiger partial charge in [0.25, 0.3) is 5.91 Å². The summed E-state index contributed by atoms with van der Waals surface area (Å²) in [7, 11) is -2.03. The predicted octanol–water partition coefficient (Wildman–Crippen LogP) is 2.15. The molecule has 1 amide bonds. The van der Waals surface area contributed by atoms with E-state index in [4.69, 9.17) is 4.74 Å². The molecule has 1 aliphatic heterocycles. The monoisotopic (exact) mass is 374 g/mol. The van der Waals surface area contributed by atoms with Crippen LogP contribution in [0, 0.1) is 6.92 Å². The Kier molecular flexibility index (Phi) is 5.29. The van der Waals surface area contributed by atoms with E-state index in [1.807, 2.05) is 25.1 Å². The van der Waals surface area contributed by atoms with E-state index in [1.165, 1.54) is 11.4 Å². The summed E-state index contributed by atoms with van der Waals surface area (Å²) in [6, 6.07) is 13.8. The van der Waals surface area contributed by atoms with Gasteiger partial charge in [0.2, 0.25) is 10.0 Å². The van der Waals surface area contributed by atoms with Crippen LogP contribution in [-0.2, 0) is 10.0 Å². The van der Waals surface area contributed by atoms with Crippen LogP contribution >= 0.6 is 0 Å². The van der Waals surface area contributed by atoms with Gasteiger partial charge in [-0.3, -0.25) is 4.79 Å². The Bertz CT molecular complexity index is 886. The first-order valence-electron chi connectivity index (χ1n) is 8.42. The smallest absolute Gasteiger partial charge is 0.254 e. The summed E-state index contributed by atoms with van der Waals surface area (Å²) < 4.78 is 32.0. The fraction of sp³-hybridized carbons (Fsp3) is 0.316. The number of carbonyl (C=O) groups is 1. The summed E-state index contributed by atoms with van der Waals surface area (Å²) in [5.41, 5.74) is 1.59. The second-order valence-corrected chi connectivity index (χ2v) is 8.12. The van der Waals surface area contributed by atoms with Crippen molar-refractivity contribution < 1.29 is 17.9 Å². The summed E-state index contributed by atoms with van der Waals surface area (Å²) in [6.07, 6.45) is 0. The standard InChI is InChI=1S/C19H22N2O4S/c1-15-5-3-4-6-18(15)19(22)20-11-13-21(14-12-20)26(23,24)17-9-7-16(25-2)8-10-17/h3-10H,11-14H2,1-2H3. The predicted molar refractivity (Wildman–Crippen MR) is 98.8 cm³/mol. The lowest BCUT2D eigenvalue weighted by atomic mass is 10.1. The molecule has 2 aromatic carbocycles. The van der Waals surface area contributed by atoms with Gasteiger partial charge in [-0.15, -0.1) is 0 Å². The third kappa shape index (κ3) is 3.59. The number of nitrogens with zero attached hydrogens (tertiary/aromatic N) is 2. The van der Waals surface area contributed by atoms with E-state index in [0.717, 1.165) is 5.56 Å². The highest BCUT2D eigenvalue weighted by Gasteiger charge is 2.30. The van der Waals surface area contributed by atoms with E-state index in [1.54, 1.807) is 35.2 Å². The van der Waals surface area contributed by atoms with Crippen LogP contribution in [-0.4, -0.2) is 56.8 Å². The van der Waals surface area contributed by atoms with Crippen LogP contribution in [0.15, 0.2) is 53.4 Å². The number of piperazine rings is 1. The zero-order valence-electron chi connectivity index (χ0n) is 14.9. The highest BCUT2D eigenvalue weighted by Crippen LogP contribution is 2.21. The zero-order chi connectivity index (χ0) is 18.7. The fourth-order valence-corrected chi connectivity index (χ4v) is 4.43. The Morgan fingerprint density at radius 1 is 0.962 bits per heavy atom. The van der Waals surface area contributed by atoms with Gasteiger partial charge in [0.1, 0.15) is 5.75 Å². The van der Waals surface area contributed by atoms with E-state index in [0.29, 0.717) is 24.4 Å². The molecular formula is C19H22N2O4S. The maximum absolute atomic E-state index is 12.8. The summed E-state index contributed by atoms with van der Waals surface area (Å²) in [4.78, 5) is 14.6. The Balaban J connectivity index is 1.69. The topological polar surface area (TPSA) is 66.9 Å². The molecule has 2 aromatic rings. The number of aryl methyl sites for hydroxylation is 1. The number of amides is 1. The molecule has 0 N–H and O–H groups in total. The number of benzene rings is 2. The number of carbonyl (C=O) groups excluding carboxylic acids is 1. The van der Waals surface area contributed by atoms with Gasteiger partial charge in [0.15, 0.2) is 0 Å². The average Bonchev–Trinajstić information content (AvgIpc) is 2.68. The van der Waals surface area contributed by atoms with Crippen molar-refractivity contribution in [3.05, 3.63) is 59.7 Å². The van der Waals surface area contributed by atoms with E-state index >= 15 is 0 Å². The van der Waals surface area contributed by atoms with Gasteiger partial charge in [-0.2, -0.15) is 4.31 Å². The molecule has 0 aromatic heterocycles. The van der Waals surface area contributed by atoms with Crippen molar-refractivity contribution in [3.8, 4) is 5.75 Å². The Hall–Kier alpha value is -2.38. The minimum atomic E-state index is -3.57. The molecule has 0 saturated carbocycles. The molecule has 1 saturated heterocycles. The largest absolute Gasteiger partial charge is 0.497 e. The number of sulfonamides is 1. The molecule has 6 nitrogen and oxygen atoms in total. The Labute approximate surface area is 154 Å². The molecule has 7 heteroatoms. The van der Waals surface area contributed by atoms with E-state index in [2.05, 4.69) is 0 Å². The fourth-order valence-electron chi connectivity index (χ4n) is 3.01. The van der Waals surface area contributed by atoms with Crippen molar-refractivity contribution in [2.45, 2.75) is 11.8 Å². The number of hydrogen-bond donors (Lipinski definition) is 0. The Morgan fingerprint density at radius 3 is 2.15 bits per heavy atom. The molecule has 3 rings (SSSR count). The molecule has 138 valence electrons. The molecule has 0 radical (unpaired) electrons. The molecule has 0 bridgehead atoms. The number of hydrogen-bond acceptors (Lipinski definition) is 4. The second kappa shape index (κ2) is 7.47. The van der Waals surface area contributed by atoms with Crippen molar-refractivity contribution >= 4 is 15.9 Å². The quantitative estimate of drug-likeness (QED) is 0.822. The minimum absolute atomic E-state index is 0.0513. The average molecular weight is 374 g/mol. The first kappa shape index (κ1) is 18.4. The van der Waals surface area contributed by atoms with Gasteiger partial charge >= 0.3 is 0 Å². The molecule has 1 fully saturated rings. The maximum Gasteiger partial charge on any atom is 0.254 e. The molecule has 0 spiro atoms.